The van der Waals surface area contributed by atoms with Crippen molar-refractivity contribution in [3.05, 3.63) is 48.6 Å². The molecule has 0 fully saturated rings. The van der Waals surface area contributed by atoms with E-state index in [0.29, 0.717) is 0 Å². The summed E-state index contributed by atoms with van der Waals surface area (Å²) >= 11 is 0. The number of amides is 2. The van der Waals surface area contributed by atoms with Gasteiger partial charge in [-0.2, -0.15) is 0 Å². The third-order valence-corrected chi connectivity index (χ3v) is 3.46. The van der Waals surface area contributed by atoms with Gasteiger partial charge in [0, 0.05) is 0 Å². The Labute approximate surface area is 152 Å². The van der Waals surface area contributed by atoms with Gasteiger partial charge >= 0.3 is 12.1 Å². The van der Waals surface area contributed by atoms with Crippen LogP contribution in [0.3, 0.4) is 0 Å². The second kappa shape index (κ2) is 10.9. The van der Waals surface area contributed by atoms with Gasteiger partial charge in [-0.3, -0.25) is 4.79 Å². The molecule has 8 nitrogen and oxygen atoms in total. The highest BCUT2D eigenvalue weighted by atomic mass is 16.5. The Morgan fingerprint density at radius 1 is 1.23 bits per heavy atom. The zero-order chi connectivity index (χ0) is 19.5. The molecule has 3 N–H and O–H groups in total. The lowest BCUT2D eigenvalue weighted by Gasteiger charge is -2.22. The Hall–Kier alpha value is -2.87. The van der Waals surface area contributed by atoms with Crippen molar-refractivity contribution in [2.24, 2.45) is 0 Å². The van der Waals surface area contributed by atoms with Crippen molar-refractivity contribution in [2.45, 2.75) is 38.1 Å². The number of nitrogens with one attached hydrogen (secondary N) is 2. The normalized spacial score (nSPS) is 13.7. The first-order chi connectivity index (χ1) is 12.4. The molecule has 0 spiro atoms. The third-order valence-electron chi connectivity index (χ3n) is 3.46. The van der Waals surface area contributed by atoms with Gasteiger partial charge in [0.1, 0.15) is 12.6 Å². The van der Waals surface area contributed by atoms with Crippen LogP contribution in [0, 0.1) is 0 Å². The van der Waals surface area contributed by atoms with Gasteiger partial charge in [0.15, 0.2) is 6.04 Å². The van der Waals surface area contributed by atoms with Crippen molar-refractivity contribution in [3.8, 4) is 0 Å². The Bertz CT molecular complexity index is 617. The fraction of sp³-hybridized carbons (Fsp3) is 0.389. The van der Waals surface area contributed by atoms with Gasteiger partial charge < -0.3 is 25.2 Å². The zero-order valence-corrected chi connectivity index (χ0v) is 14.8. The van der Waals surface area contributed by atoms with E-state index in [1.54, 1.807) is 12.1 Å². The topological polar surface area (TPSA) is 114 Å². The van der Waals surface area contributed by atoms with Crippen molar-refractivity contribution in [2.75, 3.05) is 7.11 Å². The lowest BCUT2D eigenvalue weighted by Crippen LogP contribution is -2.54. The summed E-state index contributed by atoms with van der Waals surface area (Å²) in [4.78, 5) is 35.9. The maximum absolute atomic E-state index is 12.3. The number of aliphatic hydroxyl groups excluding tert-OH is 1. The zero-order valence-electron chi connectivity index (χ0n) is 14.8. The van der Waals surface area contributed by atoms with Gasteiger partial charge in [0.05, 0.1) is 13.2 Å². The maximum atomic E-state index is 12.3. The van der Waals surface area contributed by atoms with Crippen molar-refractivity contribution in [1.29, 1.82) is 0 Å². The van der Waals surface area contributed by atoms with Crippen LogP contribution >= 0.6 is 0 Å². The number of ether oxygens (including phenoxy) is 2. The fourth-order valence-corrected chi connectivity index (χ4v) is 2.06. The van der Waals surface area contributed by atoms with E-state index >= 15 is 0 Å². The third kappa shape index (κ3) is 6.94. The number of esters is 1. The number of alkyl carbamates (subject to hydrolysis) is 1. The van der Waals surface area contributed by atoms with Gasteiger partial charge in [-0.25, -0.2) is 9.59 Å². The van der Waals surface area contributed by atoms with Crippen molar-refractivity contribution in [1.82, 2.24) is 10.6 Å². The van der Waals surface area contributed by atoms with Crippen LogP contribution in [0.4, 0.5) is 4.79 Å². The Morgan fingerprint density at radius 2 is 1.88 bits per heavy atom. The molecule has 0 bridgehead atoms. The van der Waals surface area contributed by atoms with E-state index in [1.165, 1.54) is 13.0 Å². The summed E-state index contributed by atoms with van der Waals surface area (Å²) in [6, 6.07) is 6.80. The van der Waals surface area contributed by atoms with Crippen molar-refractivity contribution in [3.63, 3.8) is 0 Å². The Kier molecular flexibility index (Phi) is 8.86. The van der Waals surface area contributed by atoms with Crippen LogP contribution < -0.4 is 10.6 Å². The van der Waals surface area contributed by atoms with E-state index < -0.39 is 36.2 Å². The Balaban J connectivity index is 2.65. The van der Waals surface area contributed by atoms with Gasteiger partial charge in [-0.05, 0) is 18.9 Å². The Morgan fingerprint density at radius 3 is 2.42 bits per heavy atom. The maximum Gasteiger partial charge on any atom is 0.408 e. The molecule has 1 aromatic carbocycles. The number of rotatable bonds is 9. The minimum atomic E-state index is -1.25. The standard InChI is InChI=1S/C18H24N2O6/c1-4-8-14(16(22)20-15(12(2)21)17(23)25-3)19-18(24)26-11-13-9-6-5-7-10-13/h4-7,9-10,12,14-15,21H,1,8,11H2,2-3H3,(H,19,24)(H,20,22)/t12-,14+,15+/m1/s1. The monoisotopic (exact) mass is 364 g/mol. The smallest absolute Gasteiger partial charge is 0.408 e. The molecule has 3 atom stereocenters. The van der Waals surface area contributed by atoms with E-state index in [1.807, 2.05) is 18.2 Å². The predicted octanol–water partition coefficient (Wildman–Crippen LogP) is 0.896. The molecular formula is C18H24N2O6. The highest BCUT2D eigenvalue weighted by molar-refractivity contribution is 5.90. The lowest BCUT2D eigenvalue weighted by molar-refractivity contribution is -0.148. The first-order valence-electron chi connectivity index (χ1n) is 8.03. The second-order valence-electron chi connectivity index (χ2n) is 5.53. The highest BCUT2D eigenvalue weighted by Crippen LogP contribution is 2.03. The summed E-state index contributed by atoms with van der Waals surface area (Å²) in [5.41, 5.74) is 0.798. The molecule has 0 heterocycles. The molecule has 0 radical (unpaired) electrons. The average Bonchev–Trinajstić information content (AvgIpc) is 2.63. The average molecular weight is 364 g/mol. The first kappa shape index (κ1) is 21.2. The van der Waals surface area contributed by atoms with Gasteiger partial charge in [-0.15, -0.1) is 6.58 Å². The van der Waals surface area contributed by atoms with Crippen molar-refractivity contribution >= 4 is 18.0 Å². The molecule has 1 rings (SSSR count). The molecule has 142 valence electrons. The summed E-state index contributed by atoms with van der Waals surface area (Å²) < 4.78 is 9.61. The predicted molar refractivity (Wildman–Crippen MR) is 94.0 cm³/mol. The molecule has 0 aromatic heterocycles. The van der Waals surface area contributed by atoms with Crippen LogP contribution in [0.2, 0.25) is 0 Å². The van der Waals surface area contributed by atoms with Crippen LogP contribution in [0.15, 0.2) is 43.0 Å². The van der Waals surface area contributed by atoms with Crippen LogP contribution in [-0.4, -0.2) is 48.4 Å². The minimum absolute atomic E-state index is 0.0492. The van der Waals surface area contributed by atoms with E-state index in [9.17, 15) is 19.5 Å². The van der Waals surface area contributed by atoms with E-state index in [0.717, 1.165) is 12.7 Å². The number of hydrogen-bond acceptors (Lipinski definition) is 6. The minimum Gasteiger partial charge on any atom is -0.467 e. The molecule has 0 aliphatic carbocycles. The number of carbonyl (C=O) groups is 3. The van der Waals surface area contributed by atoms with Crippen LogP contribution in [-0.2, 0) is 25.7 Å². The number of carbonyl (C=O) groups excluding carboxylic acids is 3. The summed E-state index contributed by atoms with van der Waals surface area (Å²) in [5.74, 6) is -1.46. The van der Waals surface area contributed by atoms with E-state index in [4.69, 9.17) is 4.74 Å². The summed E-state index contributed by atoms with van der Waals surface area (Å²) in [6.07, 6.45) is -0.402. The molecule has 0 saturated carbocycles. The first-order valence-corrected chi connectivity index (χ1v) is 8.03. The largest absolute Gasteiger partial charge is 0.467 e. The van der Waals surface area contributed by atoms with Gasteiger partial charge in [-0.1, -0.05) is 36.4 Å². The molecule has 1 aromatic rings. The van der Waals surface area contributed by atoms with Gasteiger partial charge in [0.2, 0.25) is 5.91 Å². The highest BCUT2D eigenvalue weighted by Gasteiger charge is 2.30. The van der Waals surface area contributed by atoms with Crippen LogP contribution in [0.5, 0.6) is 0 Å². The summed E-state index contributed by atoms with van der Waals surface area (Å²) in [7, 11) is 1.14. The number of benzene rings is 1. The van der Waals surface area contributed by atoms with Crippen LogP contribution in [0.1, 0.15) is 18.9 Å². The lowest BCUT2D eigenvalue weighted by atomic mass is 10.1. The molecule has 0 aliphatic rings. The van der Waals surface area contributed by atoms with Gasteiger partial charge in [0.25, 0.3) is 0 Å². The van der Waals surface area contributed by atoms with E-state index in [2.05, 4.69) is 21.9 Å². The number of hydrogen-bond donors (Lipinski definition) is 3. The quantitative estimate of drug-likeness (QED) is 0.443. The molecule has 2 amide bonds. The summed E-state index contributed by atoms with van der Waals surface area (Å²) in [5, 5.41) is 14.4. The van der Waals surface area contributed by atoms with Crippen molar-refractivity contribution < 1.29 is 29.0 Å². The molecule has 0 unspecified atom stereocenters. The number of aliphatic hydroxyl groups is 1. The molecular weight excluding hydrogens is 340 g/mol. The molecule has 8 heteroatoms. The number of methoxy groups -OCH3 is 1. The second-order valence-corrected chi connectivity index (χ2v) is 5.53. The molecule has 26 heavy (non-hydrogen) atoms. The molecule has 0 aliphatic heterocycles. The molecule has 0 saturated heterocycles. The van der Waals surface area contributed by atoms with Crippen LogP contribution in [0.25, 0.3) is 0 Å². The van der Waals surface area contributed by atoms with E-state index in [-0.39, 0.29) is 13.0 Å². The fourth-order valence-electron chi connectivity index (χ4n) is 2.06. The summed E-state index contributed by atoms with van der Waals surface area (Å²) in [6.45, 7) is 4.92. The SMILES string of the molecule is C=CC[C@H](NC(=O)OCc1ccccc1)C(=O)N[C@H](C(=O)OC)[C@@H](C)O.